The molecule has 0 unspecified atom stereocenters. The van der Waals surface area contributed by atoms with E-state index in [1.807, 2.05) is 12.1 Å². The number of hydrogen-bond donors (Lipinski definition) is 1. The minimum atomic E-state index is -0.345. The Balaban J connectivity index is 2.05. The van der Waals surface area contributed by atoms with Gasteiger partial charge in [-0.25, -0.2) is 9.78 Å². The van der Waals surface area contributed by atoms with Crippen LogP contribution in [-0.4, -0.2) is 23.0 Å². The van der Waals surface area contributed by atoms with Gasteiger partial charge in [0, 0.05) is 18.9 Å². The summed E-state index contributed by atoms with van der Waals surface area (Å²) in [5, 5.41) is 3.89. The molecule has 94 valence electrons. The van der Waals surface area contributed by atoms with Gasteiger partial charge in [0.25, 0.3) is 0 Å². The minimum absolute atomic E-state index is 0.345. The zero-order chi connectivity index (χ0) is 13.0. The van der Waals surface area contributed by atoms with Crippen LogP contribution >= 0.6 is 11.3 Å². The molecule has 0 bridgehead atoms. The number of nitrogens with zero attached hydrogens (tertiary/aromatic N) is 2. The summed E-state index contributed by atoms with van der Waals surface area (Å²) in [4.78, 5) is 20.2. The second-order valence-electron chi connectivity index (χ2n) is 3.63. The van der Waals surface area contributed by atoms with Crippen molar-refractivity contribution >= 4 is 22.4 Å². The molecule has 0 aromatic carbocycles. The van der Waals surface area contributed by atoms with E-state index in [-0.39, 0.29) is 5.97 Å². The molecule has 2 rings (SSSR count). The summed E-state index contributed by atoms with van der Waals surface area (Å²) in [6, 6.07) is 3.85. The average molecular weight is 263 g/mol. The number of anilines is 1. The normalized spacial score (nSPS) is 10.1. The van der Waals surface area contributed by atoms with Crippen molar-refractivity contribution in [3.63, 3.8) is 0 Å². The van der Waals surface area contributed by atoms with Crippen molar-refractivity contribution in [3.05, 3.63) is 40.7 Å². The number of carbonyl (C=O) groups is 1. The number of rotatable bonds is 4. The average Bonchev–Trinajstić information content (AvgIpc) is 2.78. The van der Waals surface area contributed by atoms with Crippen LogP contribution in [0.5, 0.6) is 0 Å². The molecule has 0 aliphatic heterocycles. The van der Waals surface area contributed by atoms with Gasteiger partial charge in [0.1, 0.15) is 4.88 Å². The summed E-state index contributed by atoms with van der Waals surface area (Å²) in [6.07, 6.45) is 3.48. The Bertz CT molecular complexity index is 540. The van der Waals surface area contributed by atoms with Crippen LogP contribution < -0.4 is 5.32 Å². The highest BCUT2D eigenvalue weighted by Gasteiger charge is 2.15. The number of aryl methyl sites for hydroxylation is 1. The van der Waals surface area contributed by atoms with Gasteiger partial charge in [0.2, 0.25) is 0 Å². The highest BCUT2D eigenvalue weighted by molar-refractivity contribution is 7.17. The van der Waals surface area contributed by atoms with Gasteiger partial charge in [-0.1, -0.05) is 11.3 Å². The molecule has 2 heterocycles. The number of nitrogens with one attached hydrogen (secondary N) is 1. The Morgan fingerprint density at radius 1 is 1.44 bits per heavy atom. The molecule has 0 atom stereocenters. The number of esters is 1. The van der Waals surface area contributed by atoms with Crippen molar-refractivity contribution in [2.45, 2.75) is 13.5 Å². The van der Waals surface area contributed by atoms with Crippen LogP contribution in [0.15, 0.2) is 24.5 Å². The predicted octanol–water partition coefficient (Wildman–Crippen LogP) is 2.25. The lowest BCUT2D eigenvalue weighted by Crippen LogP contribution is -1.99. The van der Waals surface area contributed by atoms with Gasteiger partial charge < -0.3 is 10.1 Å². The SMILES string of the molecule is COC(=O)c1sc(NCc2ccncc2)nc1C. The largest absolute Gasteiger partial charge is 0.465 e. The van der Waals surface area contributed by atoms with Crippen molar-refractivity contribution < 1.29 is 9.53 Å². The van der Waals surface area contributed by atoms with Crippen LogP contribution in [0.1, 0.15) is 20.9 Å². The molecular weight excluding hydrogens is 250 g/mol. The van der Waals surface area contributed by atoms with E-state index in [0.717, 1.165) is 5.56 Å². The molecule has 0 saturated carbocycles. The van der Waals surface area contributed by atoms with E-state index in [1.165, 1.54) is 18.4 Å². The first-order valence-corrected chi connectivity index (χ1v) is 6.21. The van der Waals surface area contributed by atoms with Gasteiger partial charge in [0.05, 0.1) is 12.8 Å². The van der Waals surface area contributed by atoms with Crippen molar-refractivity contribution in [2.24, 2.45) is 0 Å². The van der Waals surface area contributed by atoms with Crippen LogP contribution in [0, 0.1) is 6.92 Å². The maximum Gasteiger partial charge on any atom is 0.350 e. The zero-order valence-corrected chi connectivity index (χ0v) is 11.0. The summed E-state index contributed by atoms with van der Waals surface area (Å²) in [6.45, 7) is 2.44. The Hall–Kier alpha value is -1.95. The molecule has 0 radical (unpaired) electrons. The van der Waals surface area contributed by atoms with Crippen LogP contribution in [0.4, 0.5) is 5.13 Å². The Labute approximate surface area is 109 Å². The minimum Gasteiger partial charge on any atom is -0.465 e. The fraction of sp³-hybridized carbons (Fsp3) is 0.250. The van der Waals surface area contributed by atoms with E-state index in [4.69, 9.17) is 0 Å². The molecule has 0 aliphatic rings. The maximum atomic E-state index is 11.4. The number of thiazole rings is 1. The third-order valence-electron chi connectivity index (χ3n) is 2.36. The molecule has 0 spiro atoms. The second-order valence-corrected chi connectivity index (χ2v) is 4.63. The lowest BCUT2D eigenvalue weighted by atomic mass is 10.3. The molecule has 1 N–H and O–H groups in total. The predicted molar refractivity (Wildman–Crippen MR) is 69.8 cm³/mol. The van der Waals surface area contributed by atoms with Crippen LogP contribution in [0.2, 0.25) is 0 Å². The lowest BCUT2D eigenvalue weighted by molar-refractivity contribution is 0.0605. The Kier molecular flexibility index (Phi) is 3.88. The smallest absolute Gasteiger partial charge is 0.350 e. The summed E-state index contributed by atoms with van der Waals surface area (Å²) in [5.41, 5.74) is 1.79. The first-order chi connectivity index (χ1) is 8.70. The quantitative estimate of drug-likeness (QED) is 0.857. The van der Waals surface area contributed by atoms with Crippen molar-refractivity contribution in [3.8, 4) is 0 Å². The van der Waals surface area contributed by atoms with Crippen molar-refractivity contribution in [2.75, 3.05) is 12.4 Å². The topological polar surface area (TPSA) is 64.1 Å². The first kappa shape index (κ1) is 12.5. The third kappa shape index (κ3) is 2.84. The summed E-state index contributed by atoms with van der Waals surface area (Å²) >= 11 is 1.30. The van der Waals surface area contributed by atoms with Gasteiger partial charge >= 0.3 is 5.97 Å². The molecule has 0 aliphatic carbocycles. The molecule has 2 aromatic rings. The lowest BCUT2D eigenvalue weighted by Gasteiger charge is -2.01. The monoisotopic (exact) mass is 263 g/mol. The number of aromatic nitrogens is 2. The van der Waals surface area contributed by atoms with Crippen molar-refractivity contribution in [1.29, 1.82) is 0 Å². The molecule has 0 fully saturated rings. The van der Waals surface area contributed by atoms with Gasteiger partial charge in [-0.15, -0.1) is 0 Å². The number of carbonyl (C=O) groups excluding carboxylic acids is 1. The number of hydrogen-bond acceptors (Lipinski definition) is 6. The molecule has 2 aromatic heterocycles. The van der Waals surface area contributed by atoms with E-state index >= 15 is 0 Å². The van der Waals surface area contributed by atoms with Gasteiger partial charge in [0.15, 0.2) is 5.13 Å². The van der Waals surface area contributed by atoms with Gasteiger partial charge in [-0.2, -0.15) is 0 Å². The van der Waals surface area contributed by atoms with Gasteiger partial charge in [-0.3, -0.25) is 4.98 Å². The Morgan fingerprint density at radius 3 is 2.83 bits per heavy atom. The van der Waals surface area contributed by atoms with Crippen LogP contribution in [0.3, 0.4) is 0 Å². The van der Waals surface area contributed by atoms with Crippen LogP contribution in [-0.2, 0) is 11.3 Å². The highest BCUT2D eigenvalue weighted by Crippen LogP contribution is 2.23. The molecule has 0 amide bonds. The molecule has 5 nitrogen and oxygen atoms in total. The van der Waals surface area contributed by atoms with E-state index < -0.39 is 0 Å². The Morgan fingerprint density at radius 2 is 2.17 bits per heavy atom. The molecule has 18 heavy (non-hydrogen) atoms. The fourth-order valence-corrected chi connectivity index (χ4v) is 2.31. The maximum absolute atomic E-state index is 11.4. The summed E-state index contributed by atoms with van der Waals surface area (Å²) in [7, 11) is 1.37. The van der Waals surface area contributed by atoms with Gasteiger partial charge in [-0.05, 0) is 24.6 Å². The molecule has 0 saturated heterocycles. The van der Waals surface area contributed by atoms with E-state index in [9.17, 15) is 4.79 Å². The van der Waals surface area contributed by atoms with E-state index in [0.29, 0.717) is 22.2 Å². The summed E-state index contributed by atoms with van der Waals surface area (Å²) < 4.78 is 4.69. The highest BCUT2D eigenvalue weighted by atomic mass is 32.1. The number of pyridine rings is 1. The zero-order valence-electron chi connectivity index (χ0n) is 10.1. The van der Waals surface area contributed by atoms with E-state index in [2.05, 4.69) is 20.0 Å². The fourth-order valence-electron chi connectivity index (χ4n) is 1.43. The number of methoxy groups -OCH3 is 1. The third-order valence-corrected chi connectivity index (χ3v) is 3.46. The molecule has 6 heteroatoms. The second kappa shape index (κ2) is 5.59. The van der Waals surface area contributed by atoms with E-state index in [1.54, 1.807) is 19.3 Å². The van der Waals surface area contributed by atoms with Crippen LogP contribution in [0.25, 0.3) is 0 Å². The summed E-state index contributed by atoms with van der Waals surface area (Å²) in [5.74, 6) is -0.345. The molecular formula is C12H13N3O2S. The van der Waals surface area contributed by atoms with Crippen molar-refractivity contribution in [1.82, 2.24) is 9.97 Å². The first-order valence-electron chi connectivity index (χ1n) is 5.39. The standard InChI is InChI=1S/C12H13N3O2S/c1-8-10(11(16)17-2)18-12(15-8)14-7-9-3-5-13-6-4-9/h3-6H,7H2,1-2H3,(H,14,15). The number of ether oxygens (including phenoxy) is 1.